The zero-order chi connectivity index (χ0) is 20.2. The number of H-pyrrole nitrogens is 1. The minimum Gasteiger partial charge on any atom is -0.487 e. The van der Waals surface area contributed by atoms with Gasteiger partial charge in [0.1, 0.15) is 0 Å². The van der Waals surface area contributed by atoms with Crippen molar-refractivity contribution in [2.24, 2.45) is 0 Å². The van der Waals surface area contributed by atoms with Gasteiger partial charge < -0.3 is 4.74 Å². The maximum Gasteiger partial charge on any atom is 0.311 e. The maximum atomic E-state index is 11.5. The summed E-state index contributed by atoms with van der Waals surface area (Å²) in [5, 5.41) is 19.2. The Labute approximate surface area is 169 Å². The number of aromatic amines is 1. The number of rotatable bonds is 7. The van der Waals surface area contributed by atoms with Gasteiger partial charge in [0.15, 0.2) is 5.75 Å². The number of ether oxygens (including phenoxy) is 1. The van der Waals surface area contributed by atoms with Crippen molar-refractivity contribution in [1.82, 2.24) is 15.1 Å². The first-order valence-electron chi connectivity index (χ1n) is 9.89. The van der Waals surface area contributed by atoms with Crippen molar-refractivity contribution in [3.05, 3.63) is 75.5 Å². The molecule has 1 aliphatic heterocycles. The molecule has 0 unspecified atom stereocenters. The van der Waals surface area contributed by atoms with Crippen LogP contribution in [-0.2, 0) is 19.5 Å². The number of hydrogen-bond acceptors (Lipinski definition) is 5. The van der Waals surface area contributed by atoms with Gasteiger partial charge in [-0.2, -0.15) is 5.10 Å². The monoisotopic (exact) mass is 392 g/mol. The van der Waals surface area contributed by atoms with Gasteiger partial charge in [-0.1, -0.05) is 37.3 Å². The molecule has 2 aromatic carbocycles. The molecule has 0 spiro atoms. The Morgan fingerprint density at radius 2 is 2.07 bits per heavy atom. The molecule has 1 N–H and O–H groups in total. The lowest BCUT2D eigenvalue weighted by molar-refractivity contribution is -0.385. The Hall–Kier alpha value is -3.19. The van der Waals surface area contributed by atoms with Crippen LogP contribution in [0, 0.1) is 10.1 Å². The zero-order valence-electron chi connectivity index (χ0n) is 16.4. The molecule has 3 aromatic rings. The summed E-state index contributed by atoms with van der Waals surface area (Å²) in [7, 11) is 0. The molecular formula is C22H24N4O3. The molecule has 0 bridgehead atoms. The summed E-state index contributed by atoms with van der Waals surface area (Å²) < 4.78 is 5.54. The van der Waals surface area contributed by atoms with Gasteiger partial charge in [0, 0.05) is 48.9 Å². The van der Waals surface area contributed by atoms with Crippen molar-refractivity contribution in [3.63, 3.8) is 0 Å². The van der Waals surface area contributed by atoms with Gasteiger partial charge in [-0.15, -0.1) is 0 Å². The Morgan fingerprint density at radius 3 is 2.83 bits per heavy atom. The van der Waals surface area contributed by atoms with E-state index < -0.39 is 4.92 Å². The quantitative estimate of drug-likeness (QED) is 0.478. The fourth-order valence-corrected chi connectivity index (χ4v) is 3.71. The number of nitrogens with one attached hydrogen (secondary N) is 1. The average molecular weight is 392 g/mol. The second kappa shape index (κ2) is 8.45. The highest BCUT2D eigenvalue weighted by Gasteiger charge is 2.25. The highest BCUT2D eigenvalue weighted by Crippen LogP contribution is 2.35. The maximum absolute atomic E-state index is 11.5. The van der Waals surface area contributed by atoms with E-state index in [1.54, 1.807) is 12.1 Å². The highest BCUT2D eigenvalue weighted by molar-refractivity contribution is 5.69. The Balaban J connectivity index is 1.60. The molecule has 7 nitrogen and oxygen atoms in total. The topological polar surface area (TPSA) is 84.3 Å². The Kier molecular flexibility index (Phi) is 5.57. The van der Waals surface area contributed by atoms with E-state index in [2.05, 4.69) is 39.4 Å². The first-order valence-corrected chi connectivity index (χ1v) is 9.89. The van der Waals surface area contributed by atoms with Crippen LogP contribution in [0.4, 0.5) is 5.69 Å². The fraction of sp³-hybridized carbons (Fsp3) is 0.318. The third-order valence-corrected chi connectivity index (χ3v) is 5.15. The number of benzene rings is 2. The van der Waals surface area contributed by atoms with Gasteiger partial charge in [-0.3, -0.25) is 20.1 Å². The molecule has 0 radical (unpaired) electrons. The number of nitro groups is 1. The highest BCUT2D eigenvalue weighted by atomic mass is 16.6. The molecule has 4 rings (SSSR count). The molecule has 1 aliphatic rings. The average Bonchev–Trinajstić information content (AvgIpc) is 3.16. The van der Waals surface area contributed by atoms with Crippen LogP contribution in [0.25, 0.3) is 11.3 Å². The summed E-state index contributed by atoms with van der Waals surface area (Å²) in [6.45, 7) is 5.00. The van der Waals surface area contributed by atoms with Gasteiger partial charge in [0.25, 0.3) is 0 Å². The smallest absolute Gasteiger partial charge is 0.311 e. The molecule has 29 heavy (non-hydrogen) atoms. The van der Waals surface area contributed by atoms with E-state index in [1.165, 1.54) is 5.56 Å². The van der Waals surface area contributed by atoms with Crippen molar-refractivity contribution in [2.45, 2.75) is 32.9 Å². The number of hydrogen-bond donors (Lipinski definition) is 1. The lowest BCUT2D eigenvalue weighted by Crippen LogP contribution is -2.29. The predicted molar refractivity (Wildman–Crippen MR) is 111 cm³/mol. The van der Waals surface area contributed by atoms with Crippen LogP contribution in [0.2, 0.25) is 0 Å². The fourth-order valence-electron chi connectivity index (χ4n) is 3.71. The van der Waals surface area contributed by atoms with E-state index in [1.807, 2.05) is 19.1 Å². The third-order valence-electron chi connectivity index (χ3n) is 5.15. The number of fused-ring (bicyclic) bond motifs is 1. The summed E-state index contributed by atoms with van der Waals surface area (Å²) in [6, 6.07) is 15.5. The molecule has 0 saturated heterocycles. The SMILES string of the molecule is CCCOc1ccc(-c2n[nH]c3c2CN(Cc2ccccc2)CC3)cc1[N+](=O)[O-]. The predicted octanol–water partition coefficient (Wildman–Crippen LogP) is 4.33. The summed E-state index contributed by atoms with van der Waals surface area (Å²) in [5.41, 5.74) is 4.99. The number of nitro benzene ring substituents is 1. The molecule has 2 heterocycles. The van der Waals surface area contributed by atoms with E-state index in [4.69, 9.17) is 4.74 Å². The van der Waals surface area contributed by atoms with Crippen LogP contribution in [0.3, 0.4) is 0 Å². The van der Waals surface area contributed by atoms with Gasteiger partial charge >= 0.3 is 5.69 Å². The first-order chi connectivity index (χ1) is 14.2. The van der Waals surface area contributed by atoms with Crippen LogP contribution in [-0.4, -0.2) is 33.2 Å². The van der Waals surface area contributed by atoms with Crippen LogP contribution < -0.4 is 4.74 Å². The molecule has 0 atom stereocenters. The van der Waals surface area contributed by atoms with E-state index in [0.717, 1.165) is 55.0 Å². The van der Waals surface area contributed by atoms with Crippen molar-refractivity contribution in [3.8, 4) is 17.0 Å². The van der Waals surface area contributed by atoms with Crippen LogP contribution in [0.1, 0.15) is 30.2 Å². The van der Waals surface area contributed by atoms with E-state index >= 15 is 0 Å². The lowest BCUT2D eigenvalue weighted by atomic mass is 10.00. The summed E-state index contributed by atoms with van der Waals surface area (Å²) in [4.78, 5) is 13.5. The molecule has 0 aliphatic carbocycles. The first kappa shape index (κ1) is 19.1. The Bertz CT molecular complexity index is 1000. The van der Waals surface area contributed by atoms with Crippen LogP contribution in [0.5, 0.6) is 5.75 Å². The molecule has 7 heteroatoms. The minimum atomic E-state index is -0.394. The Morgan fingerprint density at radius 1 is 1.24 bits per heavy atom. The van der Waals surface area contributed by atoms with Gasteiger partial charge in [-0.25, -0.2) is 0 Å². The van der Waals surface area contributed by atoms with E-state index in [9.17, 15) is 10.1 Å². The molecule has 150 valence electrons. The molecule has 1 aromatic heterocycles. The molecular weight excluding hydrogens is 368 g/mol. The molecule has 0 amide bonds. The second-order valence-electron chi connectivity index (χ2n) is 7.26. The second-order valence-corrected chi connectivity index (χ2v) is 7.26. The third kappa shape index (κ3) is 4.14. The van der Waals surface area contributed by atoms with Crippen molar-refractivity contribution >= 4 is 5.69 Å². The van der Waals surface area contributed by atoms with Crippen LogP contribution >= 0.6 is 0 Å². The van der Waals surface area contributed by atoms with E-state index in [-0.39, 0.29) is 5.69 Å². The lowest BCUT2D eigenvalue weighted by Gasteiger charge is -2.27. The van der Waals surface area contributed by atoms with Gasteiger partial charge in [0.05, 0.1) is 17.2 Å². The largest absolute Gasteiger partial charge is 0.487 e. The molecule has 0 fully saturated rings. The summed E-state index contributed by atoms with van der Waals surface area (Å²) >= 11 is 0. The van der Waals surface area contributed by atoms with Crippen molar-refractivity contribution in [1.29, 1.82) is 0 Å². The normalized spacial score (nSPS) is 13.8. The minimum absolute atomic E-state index is 0.0235. The summed E-state index contributed by atoms with van der Waals surface area (Å²) in [5.74, 6) is 0.302. The standard InChI is InChI=1S/C22H24N4O3/c1-2-12-29-21-9-8-17(13-20(21)26(27)28)22-18-15-25(11-10-19(18)23-24-22)14-16-6-4-3-5-7-16/h3-9,13H,2,10-12,14-15H2,1H3,(H,23,24). The number of aromatic nitrogens is 2. The molecule has 0 saturated carbocycles. The van der Waals surface area contributed by atoms with E-state index in [0.29, 0.717) is 12.4 Å². The van der Waals surface area contributed by atoms with Crippen molar-refractivity contribution in [2.75, 3.05) is 13.2 Å². The van der Waals surface area contributed by atoms with Crippen molar-refractivity contribution < 1.29 is 9.66 Å². The van der Waals surface area contributed by atoms with Gasteiger partial charge in [0.2, 0.25) is 0 Å². The summed E-state index contributed by atoms with van der Waals surface area (Å²) in [6.07, 6.45) is 1.68. The number of nitrogens with zero attached hydrogens (tertiary/aromatic N) is 3. The van der Waals surface area contributed by atoms with Crippen LogP contribution in [0.15, 0.2) is 48.5 Å². The zero-order valence-corrected chi connectivity index (χ0v) is 16.4. The van der Waals surface area contributed by atoms with Gasteiger partial charge in [-0.05, 0) is 24.1 Å².